The zero-order valence-corrected chi connectivity index (χ0v) is 16.0. The van der Waals surface area contributed by atoms with Gasteiger partial charge >= 0.3 is 0 Å². The molecular formula is C24H20N2O3. The van der Waals surface area contributed by atoms with Crippen molar-refractivity contribution in [3.05, 3.63) is 96.2 Å². The summed E-state index contributed by atoms with van der Waals surface area (Å²) in [5.74, 6) is 1.60. The lowest BCUT2D eigenvalue weighted by molar-refractivity contribution is 0.0951. The van der Waals surface area contributed by atoms with E-state index in [-0.39, 0.29) is 5.91 Å². The number of nitrogens with one attached hydrogen (secondary N) is 1. The molecule has 0 radical (unpaired) electrons. The zero-order valence-electron chi connectivity index (χ0n) is 16.0. The van der Waals surface area contributed by atoms with Crippen molar-refractivity contribution >= 4 is 5.91 Å². The van der Waals surface area contributed by atoms with Gasteiger partial charge in [-0.15, -0.1) is 0 Å². The maximum atomic E-state index is 12.9. The number of methoxy groups -OCH3 is 1. The summed E-state index contributed by atoms with van der Waals surface area (Å²) >= 11 is 0. The molecule has 5 heteroatoms. The number of nitrogens with zero attached hydrogens (tertiary/aromatic N) is 1. The quantitative estimate of drug-likeness (QED) is 0.511. The number of carbonyl (C=O) groups is 1. The second-order valence-corrected chi connectivity index (χ2v) is 6.44. The molecule has 4 aromatic rings. The number of rotatable bonds is 6. The van der Waals surface area contributed by atoms with E-state index in [1.807, 2.05) is 72.8 Å². The predicted molar refractivity (Wildman–Crippen MR) is 112 cm³/mol. The smallest absolute Gasteiger partial charge is 0.252 e. The monoisotopic (exact) mass is 384 g/mol. The fourth-order valence-corrected chi connectivity index (χ4v) is 3.12. The molecule has 1 amide bonds. The summed E-state index contributed by atoms with van der Waals surface area (Å²) in [6.07, 6.45) is 1.67. The van der Waals surface area contributed by atoms with Crippen LogP contribution in [0.2, 0.25) is 0 Å². The van der Waals surface area contributed by atoms with Gasteiger partial charge in [0.2, 0.25) is 5.89 Å². The van der Waals surface area contributed by atoms with Crippen LogP contribution < -0.4 is 10.1 Å². The molecule has 0 atom stereocenters. The van der Waals surface area contributed by atoms with Gasteiger partial charge in [-0.25, -0.2) is 4.98 Å². The number of amides is 1. The summed E-state index contributed by atoms with van der Waals surface area (Å²) < 4.78 is 11.3. The molecule has 0 saturated heterocycles. The van der Waals surface area contributed by atoms with Crippen molar-refractivity contribution in [1.29, 1.82) is 0 Å². The van der Waals surface area contributed by atoms with Gasteiger partial charge in [0.1, 0.15) is 5.75 Å². The number of aromatic nitrogens is 1. The van der Waals surface area contributed by atoms with Gasteiger partial charge in [-0.2, -0.15) is 0 Å². The topological polar surface area (TPSA) is 64.4 Å². The second-order valence-electron chi connectivity index (χ2n) is 6.44. The fourth-order valence-electron chi connectivity index (χ4n) is 3.12. The third-order valence-electron chi connectivity index (χ3n) is 4.60. The van der Waals surface area contributed by atoms with E-state index in [0.717, 1.165) is 16.9 Å². The first kappa shape index (κ1) is 18.5. The van der Waals surface area contributed by atoms with Crippen LogP contribution >= 0.6 is 0 Å². The van der Waals surface area contributed by atoms with Crippen LogP contribution in [0.3, 0.4) is 0 Å². The van der Waals surface area contributed by atoms with Gasteiger partial charge in [-0.1, -0.05) is 60.7 Å². The Kier molecular flexibility index (Phi) is 5.38. The molecule has 5 nitrogen and oxygen atoms in total. The molecule has 0 bridgehead atoms. The van der Waals surface area contributed by atoms with E-state index >= 15 is 0 Å². The summed E-state index contributed by atoms with van der Waals surface area (Å²) in [4.78, 5) is 17.3. The van der Waals surface area contributed by atoms with Gasteiger partial charge in [0.05, 0.1) is 18.9 Å². The molecule has 1 N–H and O–H groups in total. The van der Waals surface area contributed by atoms with E-state index in [1.165, 1.54) is 0 Å². The van der Waals surface area contributed by atoms with Crippen LogP contribution in [-0.2, 0) is 6.54 Å². The Morgan fingerprint density at radius 3 is 2.52 bits per heavy atom. The van der Waals surface area contributed by atoms with Crippen molar-refractivity contribution < 1.29 is 13.9 Å². The Balaban J connectivity index is 1.57. The number of para-hydroxylation sites is 1. The van der Waals surface area contributed by atoms with Gasteiger partial charge < -0.3 is 14.5 Å². The van der Waals surface area contributed by atoms with Crippen LogP contribution in [0, 0.1) is 0 Å². The third kappa shape index (κ3) is 4.04. The van der Waals surface area contributed by atoms with Crippen molar-refractivity contribution in [1.82, 2.24) is 10.3 Å². The highest BCUT2D eigenvalue weighted by molar-refractivity contribution is 6.00. The number of oxazole rings is 1. The number of hydrogen-bond donors (Lipinski definition) is 1. The SMILES string of the molecule is COc1ccccc1CNC(=O)c1ccccc1-c1ncc(-c2ccccc2)o1. The minimum absolute atomic E-state index is 0.203. The Labute approximate surface area is 169 Å². The van der Waals surface area contributed by atoms with E-state index in [0.29, 0.717) is 29.3 Å². The Bertz CT molecular complexity index is 1120. The average Bonchev–Trinajstić information content (AvgIpc) is 3.28. The van der Waals surface area contributed by atoms with E-state index in [4.69, 9.17) is 9.15 Å². The molecule has 144 valence electrons. The molecule has 29 heavy (non-hydrogen) atoms. The molecule has 0 spiro atoms. The Morgan fingerprint density at radius 2 is 1.69 bits per heavy atom. The molecule has 0 saturated carbocycles. The standard InChI is InChI=1S/C24H20N2O3/c1-28-21-14-8-5-11-18(21)15-25-23(27)19-12-6-7-13-20(19)24-26-16-22(29-24)17-9-3-2-4-10-17/h2-14,16H,15H2,1H3,(H,25,27). The van der Waals surface area contributed by atoms with Gasteiger partial charge in [0, 0.05) is 23.2 Å². The normalized spacial score (nSPS) is 10.5. The van der Waals surface area contributed by atoms with Crippen molar-refractivity contribution in [2.45, 2.75) is 6.54 Å². The number of ether oxygens (including phenoxy) is 1. The largest absolute Gasteiger partial charge is 0.496 e. The Morgan fingerprint density at radius 1 is 0.966 bits per heavy atom. The van der Waals surface area contributed by atoms with E-state index < -0.39 is 0 Å². The van der Waals surface area contributed by atoms with E-state index in [9.17, 15) is 4.79 Å². The predicted octanol–water partition coefficient (Wildman–Crippen LogP) is 4.95. The van der Waals surface area contributed by atoms with E-state index in [1.54, 1.807) is 19.4 Å². The summed E-state index contributed by atoms with van der Waals surface area (Å²) in [5, 5.41) is 2.95. The van der Waals surface area contributed by atoms with Crippen LogP contribution in [0.4, 0.5) is 0 Å². The van der Waals surface area contributed by atoms with Crippen molar-refractivity contribution in [2.75, 3.05) is 7.11 Å². The van der Waals surface area contributed by atoms with Gasteiger partial charge in [-0.05, 0) is 18.2 Å². The number of benzene rings is 3. The lowest BCUT2D eigenvalue weighted by Crippen LogP contribution is -2.23. The molecule has 0 fully saturated rings. The summed E-state index contributed by atoms with van der Waals surface area (Å²) in [5.41, 5.74) is 2.99. The lowest BCUT2D eigenvalue weighted by atomic mass is 10.1. The molecule has 1 heterocycles. The van der Waals surface area contributed by atoms with Crippen molar-refractivity contribution in [3.8, 4) is 28.5 Å². The van der Waals surface area contributed by atoms with Gasteiger partial charge in [-0.3, -0.25) is 4.79 Å². The highest BCUT2D eigenvalue weighted by Crippen LogP contribution is 2.28. The van der Waals surface area contributed by atoms with Crippen LogP contribution in [-0.4, -0.2) is 18.0 Å². The highest BCUT2D eigenvalue weighted by Gasteiger charge is 2.17. The molecule has 3 aromatic carbocycles. The van der Waals surface area contributed by atoms with Crippen molar-refractivity contribution in [2.24, 2.45) is 0 Å². The second kappa shape index (κ2) is 8.44. The minimum atomic E-state index is -0.203. The molecule has 0 unspecified atom stereocenters. The molecular weight excluding hydrogens is 364 g/mol. The first-order valence-corrected chi connectivity index (χ1v) is 9.27. The highest BCUT2D eigenvalue weighted by atomic mass is 16.5. The van der Waals surface area contributed by atoms with Gasteiger partial charge in [0.25, 0.3) is 5.91 Å². The maximum Gasteiger partial charge on any atom is 0.252 e. The van der Waals surface area contributed by atoms with Crippen LogP contribution in [0.5, 0.6) is 5.75 Å². The van der Waals surface area contributed by atoms with Crippen LogP contribution in [0.1, 0.15) is 15.9 Å². The molecule has 4 rings (SSSR count). The summed E-state index contributed by atoms with van der Waals surface area (Å²) in [6, 6.07) is 24.6. The summed E-state index contributed by atoms with van der Waals surface area (Å²) in [7, 11) is 1.61. The number of hydrogen-bond acceptors (Lipinski definition) is 4. The molecule has 0 aliphatic rings. The fraction of sp³-hybridized carbons (Fsp3) is 0.0833. The van der Waals surface area contributed by atoms with Crippen molar-refractivity contribution in [3.63, 3.8) is 0 Å². The van der Waals surface area contributed by atoms with E-state index in [2.05, 4.69) is 10.3 Å². The first-order valence-electron chi connectivity index (χ1n) is 9.27. The Hall–Kier alpha value is -3.86. The molecule has 0 aliphatic carbocycles. The minimum Gasteiger partial charge on any atom is -0.496 e. The molecule has 1 aromatic heterocycles. The zero-order chi connectivity index (χ0) is 20.1. The average molecular weight is 384 g/mol. The molecule has 0 aliphatic heterocycles. The number of carbonyl (C=O) groups excluding carboxylic acids is 1. The van der Waals surface area contributed by atoms with Crippen LogP contribution in [0.25, 0.3) is 22.8 Å². The summed E-state index contributed by atoms with van der Waals surface area (Å²) in [6.45, 7) is 0.359. The maximum absolute atomic E-state index is 12.9. The lowest BCUT2D eigenvalue weighted by Gasteiger charge is -2.11. The van der Waals surface area contributed by atoms with Crippen LogP contribution in [0.15, 0.2) is 89.5 Å². The third-order valence-corrected chi connectivity index (χ3v) is 4.60. The van der Waals surface area contributed by atoms with Gasteiger partial charge in [0.15, 0.2) is 5.76 Å². The first-order chi connectivity index (χ1) is 14.3.